The standard InChI is InChI=1S/C20H26N4O2/c1-4-15-5-6-16-7-8-17(26-19(16)18(15)25-13-1)14-21-9-2-10-22-20-23-11-3-12-24-20/h3,5-6,11-12,17,21H,1-2,4,7-10,13-14H2,(H,22,23,24). The Labute approximate surface area is 154 Å². The van der Waals surface area contributed by atoms with Crippen LogP contribution in [-0.2, 0) is 12.8 Å². The SMILES string of the molecule is c1cnc(NCCCNCC2CCc3ccc4c(c3O2)OCCC4)nc1. The van der Waals surface area contributed by atoms with Crippen molar-refractivity contribution in [2.24, 2.45) is 0 Å². The van der Waals surface area contributed by atoms with Gasteiger partial charge in [0, 0.05) is 25.5 Å². The van der Waals surface area contributed by atoms with Crippen LogP contribution in [0.3, 0.4) is 0 Å². The molecule has 0 saturated carbocycles. The zero-order chi connectivity index (χ0) is 17.6. The number of hydrogen-bond acceptors (Lipinski definition) is 6. The average Bonchev–Trinajstić information content (AvgIpc) is 2.71. The summed E-state index contributed by atoms with van der Waals surface area (Å²) in [5.74, 6) is 2.66. The van der Waals surface area contributed by atoms with Crippen molar-refractivity contribution in [2.75, 3.05) is 31.6 Å². The number of nitrogens with zero attached hydrogens (tertiary/aromatic N) is 2. The maximum atomic E-state index is 6.28. The van der Waals surface area contributed by atoms with E-state index < -0.39 is 0 Å². The summed E-state index contributed by atoms with van der Waals surface area (Å²) in [6.07, 6.45) is 9.01. The minimum atomic E-state index is 0.213. The van der Waals surface area contributed by atoms with Crippen molar-refractivity contribution in [2.45, 2.75) is 38.2 Å². The summed E-state index contributed by atoms with van der Waals surface area (Å²) >= 11 is 0. The van der Waals surface area contributed by atoms with Crippen LogP contribution in [0, 0.1) is 0 Å². The van der Waals surface area contributed by atoms with Crippen molar-refractivity contribution < 1.29 is 9.47 Å². The summed E-state index contributed by atoms with van der Waals surface area (Å²) in [4.78, 5) is 8.30. The number of ether oxygens (including phenoxy) is 2. The number of rotatable bonds is 7. The third kappa shape index (κ3) is 4.07. The number of aryl methyl sites for hydroxylation is 2. The fourth-order valence-corrected chi connectivity index (χ4v) is 3.52. The molecule has 0 saturated heterocycles. The van der Waals surface area contributed by atoms with Gasteiger partial charge in [0.2, 0.25) is 5.95 Å². The van der Waals surface area contributed by atoms with Gasteiger partial charge in [-0.25, -0.2) is 9.97 Å². The lowest BCUT2D eigenvalue weighted by atomic mass is 9.97. The van der Waals surface area contributed by atoms with Gasteiger partial charge in [0.25, 0.3) is 0 Å². The summed E-state index contributed by atoms with van der Waals surface area (Å²) in [5, 5.41) is 6.73. The Bertz CT molecular complexity index is 723. The molecule has 0 bridgehead atoms. The van der Waals surface area contributed by atoms with Gasteiger partial charge in [-0.1, -0.05) is 12.1 Å². The lowest BCUT2D eigenvalue weighted by Gasteiger charge is -2.30. The number of fused-ring (bicyclic) bond motifs is 3. The highest BCUT2D eigenvalue weighted by Gasteiger charge is 2.26. The first-order valence-corrected chi connectivity index (χ1v) is 9.56. The third-order valence-corrected chi connectivity index (χ3v) is 4.88. The quantitative estimate of drug-likeness (QED) is 0.745. The second-order valence-electron chi connectivity index (χ2n) is 6.83. The molecular formula is C20H26N4O2. The molecule has 3 heterocycles. The van der Waals surface area contributed by atoms with E-state index in [1.165, 1.54) is 11.1 Å². The first-order valence-electron chi connectivity index (χ1n) is 9.56. The van der Waals surface area contributed by atoms with Gasteiger partial charge in [0.05, 0.1) is 6.61 Å². The van der Waals surface area contributed by atoms with Crippen LogP contribution < -0.4 is 20.1 Å². The lowest BCUT2D eigenvalue weighted by Crippen LogP contribution is -2.35. The van der Waals surface area contributed by atoms with Gasteiger partial charge in [-0.3, -0.25) is 0 Å². The van der Waals surface area contributed by atoms with Crippen LogP contribution in [0.5, 0.6) is 11.5 Å². The Balaban J connectivity index is 1.21. The maximum absolute atomic E-state index is 6.28. The van der Waals surface area contributed by atoms with E-state index in [0.29, 0.717) is 5.95 Å². The van der Waals surface area contributed by atoms with Crippen molar-refractivity contribution in [3.63, 3.8) is 0 Å². The van der Waals surface area contributed by atoms with Crippen LogP contribution in [0.2, 0.25) is 0 Å². The number of anilines is 1. The highest BCUT2D eigenvalue weighted by Crippen LogP contribution is 2.41. The van der Waals surface area contributed by atoms with Crippen molar-refractivity contribution in [3.05, 3.63) is 41.7 Å². The second kappa shape index (κ2) is 8.36. The highest BCUT2D eigenvalue weighted by molar-refractivity contribution is 5.53. The summed E-state index contributed by atoms with van der Waals surface area (Å²) < 4.78 is 12.2. The molecule has 1 aromatic carbocycles. The Hall–Kier alpha value is -2.34. The van der Waals surface area contributed by atoms with E-state index in [9.17, 15) is 0 Å². The first-order chi connectivity index (χ1) is 12.9. The number of benzene rings is 1. The lowest BCUT2D eigenvalue weighted by molar-refractivity contribution is 0.157. The third-order valence-electron chi connectivity index (χ3n) is 4.88. The van der Waals surface area contributed by atoms with Crippen molar-refractivity contribution >= 4 is 5.95 Å². The number of hydrogen-bond donors (Lipinski definition) is 2. The van der Waals surface area contributed by atoms with Crippen LogP contribution in [0.15, 0.2) is 30.6 Å². The molecule has 6 heteroatoms. The van der Waals surface area contributed by atoms with Gasteiger partial charge in [0.15, 0.2) is 11.5 Å². The Kier molecular flexibility index (Phi) is 5.50. The van der Waals surface area contributed by atoms with Gasteiger partial charge in [0.1, 0.15) is 6.10 Å². The van der Waals surface area contributed by atoms with E-state index in [1.807, 2.05) is 6.07 Å². The molecule has 26 heavy (non-hydrogen) atoms. The highest BCUT2D eigenvalue weighted by atomic mass is 16.5. The van der Waals surface area contributed by atoms with Crippen LogP contribution in [0.25, 0.3) is 0 Å². The molecule has 0 radical (unpaired) electrons. The normalized spacial score (nSPS) is 18.2. The zero-order valence-corrected chi connectivity index (χ0v) is 15.0. The van der Waals surface area contributed by atoms with Gasteiger partial charge in [-0.05, 0) is 55.8 Å². The molecule has 0 aliphatic carbocycles. The van der Waals surface area contributed by atoms with E-state index in [0.717, 1.165) is 69.8 Å². The van der Waals surface area contributed by atoms with Crippen LogP contribution in [0.1, 0.15) is 30.4 Å². The van der Waals surface area contributed by atoms with E-state index in [-0.39, 0.29) is 6.10 Å². The molecule has 2 aromatic rings. The van der Waals surface area contributed by atoms with Crippen molar-refractivity contribution in [3.8, 4) is 11.5 Å². The molecule has 4 rings (SSSR count). The summed E-state index contributed by atoms with van der Waals surface area (Å²) in [5.41, 5.74) is 2.58. The predicted octanol–water partition coefficient (Wildman–Crippen LogP) is 2.59. The van der Waals surface area contributed by atoms with Gasteiger partial charge in [-0.15, -0.1) is 0 Å². The van der Waals surface area contributed by atoms with E-state index in [4.69, 9.17) is 9.47 Å². The Morgan fingerprint density at radius 3 is 2.77 bits per heavy atom. The topological polar surface area (TPSA) is 68.3 Å². The average molecular weight is 354 g/mol. The molecule has 1 unspecified atom stereocenters. The molecule has 1 atom stereocenters. The minimum absolute atomic E-state index is 0.213. The second-order valence-corrected chi connectivity index (χ2v) is 6.83. The molecule has 138 valence electrons. The molecule has 1 aromatic heterocycles. The van der Waals surface area contributed by atoms with E-state index in [1.54, 1.807) is 12.4 Å². The van der Waals surface area contributed by atoms with Gasteiger partial charge >= 0.3 is 0 Å². The predicted molar refractivity (Wildman–Crippen MR) is 101 cm³/mol. The van der Waals surface area contributed by atoms with Gasteiger partial charge < -0.3 is 20.1 Å². The molecule has 2 N–H and O–H groups in total. The monoisotopic (exact) mass is 354 g/mol. The minimum Gasteiger partial charge on any atom is -0.489 e. The molecule has 0 spiro atoms. The zero-order valence-electron chi connectivity index (χ0n) is 15.0. The van der Waals surface area contributed by atoms with Gasteiger partial charge in [-0.2, -0.15) is 0 Å². The largest absolute Gasteiger partial charge is 0.489 e. The molecule has 2 aliphatic rings. The van der Waals surface area contributed by atoms with Crippen LogP contribution in [0.4, 0.5) is 5.95 Å². The number of nitrogens with one attached hydrogen (secondary N) is 2. The molecule has 0 fully saturated rings. The van der Waals surface area contributed by atoms with Crippen LogP contribution >= 0.6 is 0 Å². The van der Waals surface area contributed by atoms with E-state index in [2.05, 4.69) is 32.7 Å². The fourth-order valence-electron chi connectivity index (χ4n) is 3.52. The summed E-state index contributed by atoms with van der Waals surface area (Å²) in [6.45, 7) is 3.46. The molecule has 0 amide bonds. The molecule has 2 aliphatic heterocycles. The fraction of sp³-hybridized carbons (Fsp3) is 0.500. The van der Waals surface area contributed by atoms with Crippen LogP contribution in [-0.4, -0.2) is 42.3 Å². The maximum Gasteiger partial charge on any atom is 0.222 e. The first kappa shape index (κ1) is 17.1. The number of aromatic nitrogens is 2. The Morgan fingerprint density at radius 2 is 1.88 bits per heavy atom. The molecular weight excluding hydrogens is 328 g/mol. The summed E-state index contributed by atoms with van der Waals surface area (Å²) in [7, 11) is 0. The Morgan fingerprint density at radius 1 is 1.04 bits per heavy atom. The van der Waals surface area contributed by atoms with Crippen molar-refractivity contribution in [1.82, 2.24) is 15.3 Å². The van der Waals surface area contributed by atoms with Crippen molar-refractivity contribution in [1.29, 1.82) is 0 Å². The summed E-state index contributed by atoms with van der Waals surface area (Å²) in [6, 6.07) is 6.24. The molecule has 6 nitrogen and oxygen atoms in total. The smallest absolute Gasteiger partial charge is 0.222 e. The van der Waals surface area contributed by atoms with E-state index >= 15 is 0 Å².